The Morgan fingerprint density at radius 1 is 1.06 bits per heavy atom. The number of benzene rings is 2. The van der Waals surface area contributed by atoms with Crippen LogP contribution in [0.3, 0.4) is 0 Å². The average molecular weight is 425 g/mol. The Bertz CT molecular complexity index is 976. The molecule has 0 unspecified atom stereocenters. The van der Waals surface area contributed by atoms with Crippen molar-refractivity contribution >= 4 is 34.8 Å². The molecule has 31 heavy (non-hydrogen) atoms. The molecule has 2 N–H and O–H groups in total. The molecule has 2 aliphatic heterocycles. The largest absolute Gasteiger partial charge is 0.480 e. The van der Waals surface area contributed by atoms with Crippen LogP contribution < -0.4 is 15.1 Å². The lowest BCUT2D eigenvalue weighted by molar-refractivity contribution is -0.140. The van der Waals surface area contributed by atoms with Gasteiger partial charge >= 0.3 is 5.97 Å². The Labute approximate surface area is 182 Å². The summed E-state index contributed by atoms with van der Waals surface area (Å²) in [5.41, 5.74) is 3.72. The quantitative estimate of drug-likeness (QED) is 0.783. The summed E-state index contributed by atoms with van der Waals surface area (Å²) in [6.45, 7) is 1.50. The van der Waals surface area contributed by atoms with E-state index in [2.05, 4.69) is 21.2 Å². The van der Waals surface area contributed by atoms with Crippen LogP contribution in [0.1, 0.15) is 23.2 Å². The van der Waals surface area contributed by atoms with Gasteiger partial charge in [-0.05, 0) is 44.8 Å². The fourth-order valence-electron chi connectivity index (χ4n) is 3.63. The van der Waals surface area contributed by atoms with Crippen LogP contribution >= 0.6 is 0 Å². The SMILES string of the molecule is CN(C)CCN1C(=O)c2ccccc2N(C)c2ccccc21.O=C1CC[C@@H](C(=O)O)N1. The monoisotopic (exact) mass is 424 g/mol. The predicted octanol–water partition coefficient (Wildman–Crippen LogP) is 2.33. The van der Waals surface area contributed by atoms with Gasteiger partial charge in [-0.1, -0.05) is 24.3 Å². The molecule has 0 radical (unpaired) electrons. The first-order chi connectivity index (χ1) is 14.8. The zero-order valence-electron chi connectivity index (χ0n) is 18.0. The average Bonchev–Trinajstić information content (AvgIpc) is 3.17. The number of nitrogens with one attached hydrogen (secondary N) is 1. The molecule has 2 aromatic carbocycles. The molecule has 0 aliphatic carbocycles. The van der Waals surface area contributed by atoms with Crippen LogP contribution in [-0.2, 0) is 9.59 Å². The van der Waals surface area contributed by atoms with Gasteiger partial charge in [0.1, 0.15) is 6.04 Å². The summed E-state index contributed by atoms with van der Waals surface area (Å²) < 4.78 is 0. The van der Waals surface area contributed by atoms with E-state index in [9.17, 15) is 14.4 Å². The van der Waals surface area contributed by atoms with Gasteiger partial charge in [0, 0.05) is 26.6 Å². The molecule has 0 saturated carbocycles. The number of carbonyl (C=O) groups excluding carboxylic acids is 2. The minimum Gasteiger partial charge on any atom is -0.480 e. The number of amides is 2. The highest BCUT2D eigenvalue weighted by Crippen LogP contribution is 2.39. The minimum atomic E-state index is -0.944. The fraction of sp³-hybridized carbons (Fsp3) is 0.348. The normalized spacial score (nSPS) is 17.4. The molecule has 2 aromatic rings. The van der Waals surface area contributed by atoms with Crippen molar-refractivity contribution in [1.29, 1.82) is 0 Å². The van der Waals surface area contributed by atoms with Gasteiger partial charge in [-0.15, -0.1) is 0 Å². The summed E-state index contributed by atoms with van der Waals surface area (Å²) >= 11 is 0. The number of carbonyl (C=O) groups is 3. The van der Waals surface area contributed by atoms with Crippen molar-refractivity contribution in [2.75, 3.05) is 44.0 Å². The van der Waals surface area contributed by atoms with E-state index in [4.69, 9.17) is 5.11 Å². The fourth-order valence-corrected chi connectivity index (χ4v) is 3.63. The third-order valence-electron chi connectivity index (χ3n) is 5.34. The zero-order valence-corrected chi connectivity index (χ0v) is 18.0. The summed E-state index contributed by atoms with van der Waals surface area (Å²) in [5.74, 6) is -1.04. The van der Waals surface area contributed by atoms with Gasteiger partial charge in [0.25, 0.3) is 5.91 Å². The Balaban J connectivity index is 0.000000254. The summed E-state index contributed by atoms with van der Waals surface area (Å²) in [5, 5.41) is 10.6. The van der Waals surface area contributed by atoms with Crippen LogP contribution in [0, 0.1) is 0 Å². The molecule has 2 amide bonds. The molecule has 0 spiro atoms. The Morgan fingerprint density at radius 2 is 1.68 bits per heavy atom. The molecule has 2 heterocycles. The number of hydrogen-bond donors (Lipinski definition) is 2. The van der Waals surface area contributed by atoms with Crippen molar-refractivity contribution in [3.63, 3.8) is 0 Å². The van der Waals surface area contributed by atoms with Gasteiger partial charge < -0.3 is 25.1 Å². The Hall–Kier alpha value is -3.39. The standard InChI is InChI=1S/C18H21N3O.C5H7NO3/c1-19(2)12-13-21-17-11-7-6-10-16(17)20(3)15-9-5-4-8-14(15)18(21)22;7-4-2-1-3(6-4)5(8)9/h4-11H,12-13H2,1-3H3;3H,1-2H2,(H,6,7)(H,8,9)/t;3-/m.0/s1. The smallest absolute Gasteiger partial charge is 0.326 e. The molecule has 2 aliphatic rings. The lowest BCUT2D eigenvalue weighted by Gasteiger charge is -2.25. The van der Waals surface area contributed by atoms with Gasteiger partial charge in [-0.25, -0.2) is 4.79 Å². The van der Waals surface area contributed by atoms with Gasteiger partial charge in [0.2, 0.25) is 5.91 Å². The van der Waals surface area contributed by atoms with Crippen LogP contribution in [0.15, 0.2) is 48.5 Å². The van der Waals surface area contributed by atoms with Crippen LogP contribution in [0.5, 0.6) is 0 Å². The van der Waals surface area contributed by atoms with Gasteiger partial charge in [0.15, 0.2) is 0 Å². The predicted molar refractivity (Wildman–Crippen MR) is 120 cm³/mol. The second kappa shape index (κ2) is 9.61. The highest BCUT2D eigenvalue weighted by molar-refractivity contribution is 6.13. The topological polar surface area (TPSA) is 93.2 Å². The summed E-state index contributed by atoms with van der Waals surface area (Å²) in [7, 11) is 6.06. The summed E-state index contributed by atoms with van der Waals surface area (Å²) in [6.07, 6.45) is 0.769. The van der Waals surface area contributed by atoms with E-state index in [0.29, 0.717) is 19.4 Å². The third-order valence-corrected chi connectivity index (χ3v) is 5.34. The Morgan fingerprint density at radius 3 is 2.23 bits per heavy atom. The summed E-state index contributed by atoms with van der Waals surface area (Å²) in [6, 6.07) is 15.2. The van der Waals surface area contributed by atoms with Crippen LogP contribution in [0.4, 0.5) is 17.1 Å². The zero-order chi connectivity index (χ0) is 22.5. The lowest BCUT2D eigenvalue weighted by atomic mass is 10.1. The molecule has 8 heteroatoms. The molecule has 0 bridgehead atoms. The number of para-hydroxylation sites is 3. The van der Waals surface area contributed by atoms with Crippen molar-refractivity contribution in [2.45, 2.75) is 18.9 Å². The van der Waals surface area contributed by atoms with E-state index < -0.39 is 12.0 Å². The van der Waals surface area contributed by atoms with Crippen molar-refractivity contribution in [3.05, 3.63) is 54.1 Å². The first kappa shape index (κ1) is 22.3. The van der Waals surface area contributed by atoms with E-state index >= 15 is 0 Å². The van der Waals surface area contributed by atoms with Crippen LogP contribution in [-0.4, -0.2) is 68.1 Å². The highest BCUT2D eigenvalue weighted by Gasteiger charge is 2.29. The first-order valence-corrected chi connectivity index (χ1v) is 10.2. The highest BCUT2D eigenvalue weighted by atomic mass is 16.4. The maximum atomic E-state index is 13.0. The van der Waals surface area contributed by atoms with Gasteiger partial charge in [-0.2, -0.15) is 0 Å². The second-order valence-corrected chi connectivity index (χ2v) is 7.82. The second-order valence-electron chi connectivity index (χ2n) is 7.82. The summed E-state index contributed by atoms with van der Waals surface area (Å²) in [4.78, 5) is 39.6. The number of hydrogen-bond acceptors (Lipinski definition) is 5. The van der Waals surface area contributed by atoms with Crippen LogP contribution in [0.25, 0.3) is 0 Å². The number of likely N-dealkylation sites (N-methyl/N-ethyl adjacent to an activating group) is 1. The number of carboxylic acids is 1. The molecule has 1 atom stereocenters. The molecule has 1 saturated heterocycles. The van der Waals surface area contributed by atoms with E-state index in [0.717, 1.165) is 29.2 Å². The van der Waals surface area contributed by atoms with E-state index in [1.165, 1.54) is 0 Å². The molecule has 0 aromatic heterocycles. The van der Waals surface area contributed by atoms with Crippen molar-refractivity contribution in [3.8, 4) is 0 Å². The molecule has 164 valence electrons. The maximum absolute atomic E-state index is 13.0. The number of rotatable bonds is 4. The number of nitrogens with zero attached hydrogens (tertiary/aromatic N) is 3. The Kier molecular flexibility index (Phi) is 6.91. The van der Waals surface area contributed by atoms with Gasteiger partial charge in [0.05, 0.1) is 22.6 Å². The first-order valence-electron chi connectivity index (χ1n) is 10.2. The van der Waals surface area contributed by atoms with E-state index in [-0.39, 0.29) is 11.8 Å². The van der Waals surface area contributed by atoms with Gasteiger partial charge in [-0.3, -0.25) is 9.59 Å². The van der Waals surface area contributed by atoms with Crippen LogP contribution in [0.2, 0.25) is 0 Å². The molecule has 1 fully saturated rings. The third kappa shape index (κ3) is 5.03. The number of carboxylic acid groups (broad SMARTS) is 1. The number of fused-ring (bicyclic) bond motifs is 2. The maximum Gasteiger partial charge on any atom is 0.326 e. The molecule has 8 nitrogen and oxygen atoms in total. The minimum absolute atomic E-state index is 0.0641. The lowest BCUT2D eigenvalue weighted by Crippen LogP contribution is -2.36. The number of aliphatic carboxylic acids is 1. The van der Waals surface area contributed by atoms with Crippen molar-refractivity contribution in [2.24, 2.45) is 0 Å². The van der Waals surface area contributed by atoms with E-state index in [1.807, 2.05) is 68.5 Å². The molecular formula is C23H28N4O4. The number of anilines is 3. The van der Waals surface area contributed by atoms with E-state index in [1.54, 1.807) is 0 Å². The molecular weight excluding hydrogens is 396 g/mol. The van der Waals surface area contributed by atoms with Crippen molar-refractivity contribution < 1.29 is 19.5 Å². The molecule has 4 rings (SSSR count). The van der Waals surface area contributed by atoms with Crippen molar-refractivity contribution in [1.82, 2.24) is 10.2 Å².